The van der Waals surface area contributed by atoms with E-state index in [9.17, 15) is 9.59 Å². The summed E-state index contributed by atoms with van der Waals surface area (Å²) in [5.41, 5.74) is 3.07. The number of hydrogen-bond acceptors (Lipinski definition) is 4. The molecular formula is C23H29N3O3. The molecule has 0 saturated heterocycles. The van der Waals surface area contributed by atoms with E-state index in [1.165, 1.54) is 16.9 Å². The Kier molecular flexibility index (Phi) is 7.11. The van der Waals surface area contributed by atoms with Gasteiger partial charge in [0, 0.05) is 31.0 Å². The van der Waals surface area contributed by atoms with Gasteiger partial charge in [0.2, 0.25) is 11.8 Å². The maximum atomic E-state index is 12.8. The summed E-state index contributed by atoms with van der Waals surface area (Å²) in [6.45, 7) is 1.14. The molecule has 29 heavy (non-hydrogen) atoms. The summed E-state index contributed by atoms with van der Waals surface area (Å²) in [5, 5.41) is 2.81. The minimum atomic E-state index is -0.234. The first-order valence-electron chi connectivity index (χ1n) is 10.1. The fraction of sp³-hybridized carbons (Fsp3) is 0.391. The number of fused-ring (bicyclic) bond motifs is 1. The average Bonchev–Trinajstić information content (AvgIpc) is 2.71. The van der Waals surface area contributed by atoms with Crippen molar-refractivity contribution in [2.75, 3.05) is 44.0 Å². The molecule has 3 rings (SSSR count). The lowest BCUT2D eigenvalue weighted by molar-refractivity contribution is -0.132. The van der Waals surface area contributed by atoms with Gasteiger partial charge in [0.15, 0.2) is 0 Å². The average molecular weight is 396 g/mol. The van der Waals surface area contributed by atoms with Crippen LogP contribution in [0.15, 0.2) is 48.5 Å². The van der Waals surface area contributed by atoms with Gasteiger partial charge in [0.25, 0.3) is 0 Å². The molecule has 0 spiro atoms. The van der Waals surface area contributed by atoms with Crippen molar-refractivity contribution in [2.45, 2.75) is 25.7 Å². The van der Waals surface area contributed by atoms with Crippen LogP contribution in [0.1, 0.15) is 24.8 Å². The molecule has 2 aromatic carbocycles. The number of rotatable bonds is 6. The Morgan fingerprint density at radius 2 is 1.93 bits per heavy atom. The van der Waals surface area contributed by atoms with Crippen molar-refractivity contribution in [3.05, 3.63) is 54.1 Å². The van der Waals surface area contributed by atoms with E-state index in [-0.39, 0.29) is 24.9 Å². The van der Waals surface area contributed by atoms with E-state index in [2.05, 4.69) is 28.4 Å². The van der Waals surface area contributed by atoms with E-state index in [4.69, 9.17) is 4.74 Å². The minimum Gasteiger partial charge on any atom is -0.497 e. The third-order valence-electron chi connectivity index (χ3n) is 5.19. The second kappa shape index (κ2) is 9.96. The summed E-state index contributed by atoms with van der Waals surface area (Å²) < 4.78 is 5.17. The number of anilines is 2. The number of amides is 2. The number of carbonyl (C=O) groups is 2. The van der Waals surface area contributed by atoms with E-state index >= 15 is 0 Å². The van der Waals surface area contributed by atoms with Gasteiger partial charge in [-0.3, -0.25) is 9.59 Å². The Hall–Kier alpha value is -3.02. The third-order valence-corrected chi connectivity index (χ3v) is 5.19. The molecule has 0 aliphatic carbocycles. The third kappa shape index (κ3) is 5.73. The van der Waals surface area contributed by atoms with Crippen molar-refractivity contribution in [3.63, 3.8) is 0 Å². The topological polar surface area (TPSA) is 61.9 Å². The molecule has 1 heterocycles. The largest absolute Gasteiger partial charge is 0.497 e. The molecule has 0 aromatic heterocycles. The molecule has 2 amide bonds. The molecule has 0 radical (unpaired) electrons. The highest BCUT2D eigenvalue weighted by Crippen LogP contribution is 2.25. The highest BCUT2D eigenvalue weighted by atomic mass is 16.5. The minimum absolute atomic E-state index is 0.00549. The van der Waals surface area contributed by atoms with Crippen LogP contribution in [0.3, 0.4) is 0 Å². The number of nitrogens with one attached hydrogen (secondary N) is 1. The predicted octanol–water partition coefficient (Wildman–Crippen LogP) is 3.33. The number of ether oxygens (including phenoxy) is 1. The molecule has 1 N–H and O–H groups in total. The second-order valence-corrected chi connectivity index (χ2v) is 7.39. The molecule has 1 aliphatic heterocycles. The summed E-state index contributed by atoms with van der Waals surface area (Å²) in [5.74, 6) is 0.367. The maximum Gasteiger partial charge on any atom is 0.243 e. The highest BCUT2D eigenvalue weighted by Gasteiger charge is 2.20. The van der Waals surface area contributed by atoms with Crippen LogP contribution in [0.4, 0.5) is 11.4 Å². The molecule has 154 valence electrons. The number of carbonyl (C=O) groups excluding carboxylic acids is 2. The fourth-order valence-corrected chi connectivity index (χ4v) is 3.60. The van der Waals surface area contributed by atoms with Crippen molar-refractivity contribution in [3.8, 4) is 5.75 Å². The number of benzene rings is 2. The normalized spacial score (nSPS) is 13.7. The van der Waals surface area contributed by atoms with Crippen LogP contribution < -0.4 is 15.0 Å². The van der Waals surface area contributed by atoms with Crippen molar-refractivity contribution < 1.29 is 14.3 Å². The van der Waals surface area contributed by atoms with Crippen molar-refractivity contribution >= 4 is 23.2 Å². The van der Waals surface area contributed by atoms with Gasteiger partial charge in [-0.2, -0.15) is 0 Å². The van der Waals surface area contributed by atoms with Gasteiger partial charge in [0.1, 0.15) is 5.75 Å². The van der Waals surface area contributed by atoms with E-state index in [0.717, 1.165) is 31.5 Å². The Bertz CT molecular complexity index is 853. The number of aryl methyl sites for hydroxylation is 1. The molecule has 0 bridgehead atoms. The molecule has 1 aliphatic rings. The standard InChI is InChI=1S/C23H29N3O3/c1-25(16-22(27)24-19-11-8-12-20(15-19)29-2)23(28)17-26-14-7-3-4-9-18-10-5-6-13-21(18)26/h5-6,8,10-13,15H,3-4,7,9,14,16-17H2,1-2H3,(H,24,27). The monoisotopic (exact) mass is 395 g/mol. The van der Waals surface area contributed by atoms with Crippen molar-refractivity contribution in [2.24, 2.45) is 0 Å². The van der Waals surface area contributed by atoms with Crippen LogP contribution in [0.2, 0.25) is 0 Å². The first-order chi connectivity index (χ1) is 14.1. The Labute approximate surface area is 172 Å². The smallest absolute Gasteiger partial charge is 0.243 e. The molecule has 0 fully saturated rings. The summed E-state index contributed by atoms with van der Waals surface area (Å²) in [4.78, 5) is 28.8. The van der Waals surface area contributed by atoms with Gasteiger partial charge in [-0.25, -0.2) is 0 Å². The highest BCUT2D eigenvalue weighted by molar-refractivity contribution is 5.95. The number of para-hydroxylation sites is 1. The molecule has 0 unspecified atom stereocenters. The molecular weight excluding hydrogens is 366 g/mol. The van der Waals surface area contributed by atoms with Crippen molar-refractivity contribution in [1.29, 1.82) is 0 Å². The van der Waals surface area contributed by atoms with E-state index in [1.54, 1.807) is 26.3 Å². The lowest BCUT2D eigenvalue weighted by Gasteiger charge is -2.30. The quantitative estimate of drug-likeness (QED) is 0.815. The van der Waals surface area contributed by atoms with Crippen LogP contribution in [-0.2, 0) is 16.0 Å². The van der Waals surface area contributed by atoms with E-state index in [1.807, 2.05) is 18.2 Å². The summed E-state index contributed by atoms with van der Waals surface area (Å²) >= 11 is 0. The number of methoxy groups -OCH3 is 1. The zero-order chi connectivity index (χ0) is 20.6. The first kappa shape index (κ1) is 20.7. The number of nitrogens with zero attached hydrogens (tertiary/aromatic N) is 2. The van der Waals surface area contributed by atoms with Crippen LogP contribution in [0.25, 0.3) is 0 Å². The Morgan fingerprint density at radius 3 is 2.76 bits per heavy atom. The molecule has 2 aromatic rings. The van der Waals surface area contributed by atoms with Gasteiger partial charge in [-0.1, -0.05) is 30.7 Å². The van der Waals surface area contributed by atoms with Gasteiger partial charge in [-0.15, -0.1) is 0 Å². The van der Waals surface area contributed by atoms with Crippen LogP contribution in [0.5, 0.6) is 5.75 Å². The Balaban J connectivity index is 1.59. The van der Waals surface area contributed by atoms with Gasteiger partial charge >= 0.3 is 0 Å². The lowest BCUT2D eigenvalue weighted by Crippen LogP contribution is -2.42. The zero-order valence-corrected chi connectivity index (χ0v) is 17.2. The Morgan fingerprint density at radius 1 is 1.10 bits per heavy atom. The summed E-state index contributed by atoms with van der Waals surface area (Å²) in [6.07, 6.45) is 4.46. The predicted molar refractivity (Wildman–Crippen MR) is 115 cm³/mol. The summed E-state index contributed by atoms with van der Waals surface area (Å²) in [7, 11) is 3.25. The molecule has 6 heteroatoms. The second-order valence-electron chi connectivity index (χ2n) is 7.39. The van der Waals surface area contributed by atoms with Crippen LogP contribution in [-0.4, -0.2) is 50.5 Å². The van der Waals surface area contributed by atoms with Crippen LogP contribution >= 0.6 is 0 Å². The van der Waals surface area contributed by atoms with Gasteiger partial charge in [0.05, 0.1) is 20.2 Å². The summed E-state index contributed by atoms with van der Waals surface area (Å²) in [6, 6.07) is 15.5. The van der Waals surface area contributed by atoms with E-state index < -0.39 is 0 Å². The number of hydrogen-bond donors (Lipinski definition) is 1. The first-order valence-corrected chi connectivity index (χ1v) is 10.1. The van der Waals surface area contributed by atoms with Gasteiger partial charge in [-0.05, 0) is 43.0 Å². The lowest BCUT2D eigenvalue weighted by atomic mass is 10.0. The number of likely N-dealkylation sites (N-methyl/N-ethyl adjacent to an activating group) is 1. The fourth-order valence-electron chi connectivity index (χ4n) is 3.60. The molecule has 0 atom stereocenters. The molecule has 6 nitrogen and oxygen atoms in total. The van der Waals surface area contributed by atoms with E-state index in [0.29, 0.717) is 11.4 Å². The van der Waals surface area contributed by atoms with Crippen molar-refractivity contribution in [1.82, 2.24) is 4.90 Å². The van der Waals surface area contributed by atoms with Crippen LogP contribution in [0, 0.1) is 0 Å². The molecule has 0 saturated carbocycles. The maximum absolute atomic E-state index is 12.8. The SMILES string of the molecule is COc1cccc(NC(=O)CN(C)C(=O)CN2CCCCCc3ccccc32)c1. The van der Waals surface area contributed by atoms with Gasteiger partial charge < -0.3 is 19.9 Å². The zero-order valence-electron chi connectivity index (χ0n) is 17.2.